The van der Waals surface area contributed by atoms with E-state index in [0.29, 0.717) is 5.56 Å². The maximum Gasteiger partial charge on any atom is 0.338 e. The van der Waals surface area contributed by atoms with Gasteiger partial charge in [-0.1, -0.05) is 18.2 Å². The molecule has 37 heavy (non-hydrogen) atoms. The molecule has 0 saturated heterocycles. The maximum absolute atomic E-state index is 13.2. The van der Waals surface area contributed by atoms with Gasteiger partial charge in [-0.3, -0.25) is 29.8 Å². The van der Waals surface area contributed by atoms with Gasteiger partial charge in [0.05, 0.1) is 26.5 Å². The highest BCUT2D eigenvalue weighted by Crippen LogP contribution is 2.37. The van der Waals surface area contributed by atoms with E-state index >= 15 is 0 Å². The molecule has 1 aliphatic rings. The number of carbonyl (C=O) groups excluding carboxylic acids is 3. The molecular weight excluding hydrogens is 482 g/mol. The molecule has 4 aromatic carbocycles. The first-order valence-corrected chi connectivity index (χ1v) is 10.9. The van der Waals surface area contributed by atoms with Gasteiger partial charge in [-0.25, -0.2) is 9.69 Å². The molecule has 0 radical (unpaired) electrons. The van der Waals surface area contributed by atoms with Crippen LogP contribution < -0.4 is 4.90 Å². The van der Waals surface area contributed by atoms with Gasteiger partial charge in [-0.15, -0.1) is 0 Å². The van der Waals surface area contributed by atoms with Gasteiger partial charge in [-0.2, -0.15) is 0 Å². The largest absolute Gasteiger partial charge is 0.457 e. The van der Waals surface area contributed by atoms with Gasteiger partial charge in [-0.05, 0) is 48.0 Å². The number of benzene rings is 4. The van der Waals surface area contributed by atoms with Crippen molar-refractivity contribution in [2.45, 2.75) is 6.61 Å². The molecule has 0 atom stereocenters. The molecule has 0 fully saturated rings. The second kappa shape index (κ2) is 8.96. The van der Waals surface area contributed by atoms with Crippen molar-refractivity contribution >= 4 is 45.6 Å². The van der Waals surface area contributed by atoms with Crippen molar-refractivity contribution in [2.75, 3.05) is 4.90 Å². The third kappa shape index (κ3) is 4.04. The molecular formula is C26H15N3O8. The van der Waals surface area contributed by atoms with E-state index in [2.05, 4.69) is 0 Å². The third-order valence-electron chi connectivity index (χ3n) is 5.93. The van der Waals surface area contributed by atoms with E-state index in [1.165, 1.54) is 72.8 Å². The minimum Gasteiger partial charge on any atom is -0.457 e. The van der Waals surface area contributed by atoms with Gasteiger partial charge in [0.1, 0.15) is 6.61 Å². The highest BCUT2D eigenvalue weighted by Gasteiger charge is 2.35. The second-order valence-electron chi connectivity index (χ2n) is 8.11. The zero-order valence-electron chi connectivity index (χ0n) is 18.8. The molecule has 0 spiro atoms. The summed E-state index contributed by atoms with van der Waals surface area (Å²) in [4.78, 5) is 61.1. The summed E-state index contributed by atoms with van der Waals surface area (Å²) in [5, 5.41) is 22.7. The quantitative estimate of drug-likeness (QED) is 0.159. The number of ether oxygens (including phenoxy) is 1. The number of imide groups is 1. The predicted octanol–water partition coefficient (Wildman–Crippen LogP) is 4.81. The molecule has 4 aromatic rings. The number of rotatable bonds is 6. The smallest absolute Gasteiger partial charge is 0.338 e. The average molecular weight is 497 g/mol. The number of esters is 1. The van der Waals surface area contributed by atoms with Crippen LogP contribution >= 0.6 is 0 Å². The van der Waals surface area contributed by atoms with Gasteiger partial charge < -0.3 is 4.74 Å². The Labute approximate surface area is 207 Å². The van der Waals surface area contributed by atoms with Crippen molar-refractivity contribution in [3.63, 3.8) is 0 Å². The van der Waals surface area contributed by atoms with E-state index in [9.17, 15) is 34.6 Å². The molecule has 0 aromatic heterocycles. The van der Waals surface area contributed by atoms with Gasteiger partial charge in [0.15, 0.2) is 0 Å². The summed E-state index contributed by atoms with van der Waals surface area (Å²) >= 11 is 0. The van der Waals surface area contributed by atoms with Crippen molar-refractivity contribution in [3.8, 4) is 0 Å². The number of nitrogens with zero attached hydrogens (tertiary/aromatic N) is 3. The van der Waals surface area contributed by atoms with E-state index in [1.807, 2.05) is 0 Å². The van der Waals surface area contributed by atoms with Crippen LogP contribution in [0.15, 0.2) is 78.9 Å². The van der Waals surface area contributed by atoms with Crippen molar-refractivity contribution in [2.24, 2.45) is 0 Å². The Balaban J connectivity index is 1.39. The van der Waals surface area contributed by atoms with Gasteiger partial charge in [0.2, 0.25) is 0 Å². The number of non-ortho nitro benzene ring substituents is 2. The summed E-state index contributed by atoms with van der Waals surface area (Å²) in [7, 11) is 0. The van der Waals surface area contributed by atoms with Gasteiger partial charge in [0, 0.05) is 34.7 Å². The molecule has 5 rings (SSSR count). The first-order valence-electron chi connectivity index (χ1n) is 10.9. The van der Waals surface area contributed by atoms with Gasteiger partial charge in [0.25, 0.3) is 23.2 Å². The van der Waals surface area contributed by atoms with Gasteiger partial charge >= 0.3 is 5.97 Å². The topological polar surface area (TPSA) is 150 Å². The number of amides is 2. The van der Waals surface area contributed by atoms with Crippen LogP contribution in [0.5, 0.6) is 0 Å². The lowest BCUT2D eigenvalue weighted by molar-refractivity contribution is -0.385. The fourth-order valence-corrected chi connectivity index (χ4v) is 4.21. The Hall–Kier alpha value is -5.45. The monoisotopic (exact) mass is 497 g/mol. The Morgan fingerprint density at radius 3 is 2.16 bits per heavy atom. The lowest BCUT2D eigenvalue weighted by Crippen LogP contribution is -2.40. The highest BCUT2D eigenvalue weighted by atomic mass is 16.6. The summed E-state index contributed by atoms with van der Waals surface area (Å²) in [6, 6.07) is 18.4. The summed E-state index contributed by atoms with van der Waals surface area (Å²) in [6.45, 7) is -0.182. The van der Waals surface area contributed by atoms with Crippen molar-refractivity contribution in [1.29, 1.82) is 0 Å². The molecule has 0 aliphatic carbocycles. The van der Waals surface area contributed by atoms with E-state index < -0.39 is 27.6 Å². The molecule has 11 heteroatoms. The molecule has 0 bridgehead atoms. The highest BCUT2D eigenvalue weighted by molar-refractivity contribution is 6.36. The number of hydrogen-bond donors (Lipinski definition) is 0. The predicted molar refractivity (Wildman–Crippen MR) is 130 cm³/mol. The third-order valence-corrected chi connectivity index (χ3v) is 5.93. The first-order chi connectivity index (χ1) is 17.8. The van der Waals surface area contributed by atoms with Crippen LogP contribution in [-0.4, -0.2) is 27.6 Å². The summed E-state index contributed by atoms with van der Waals surface area (Å²) in [5.41, 5.74) is 0.753. The molecule has 0 saturated carbocycles. The van der Waals surface area contributed by atoms with Crippen LogP contribution in [0.2, 0.25) is 0 Å². The van der Waals surface area contributed by atoms with E-state index in [0.717, 1.165) is 4.90 Å². The molecule has 0 N–H and O–H groups in total. The van der Waals surface area contributed by atoms with Crippen LogP contribution in [0.3, 0.4) is 0 Å². The van der Waals surface area contributed by atoms with Crippen molar-refractivity contribution in [3.05, 3.63) is 121 Å². The van der Waals surface area contributed by atoms with Crippen molar-refractivity contribution < 1.29 is 29.0 Å². The Kier molecular flexibility index (Phi) is 5.65. The lowest BCUT2D eigenvalue weighted by Gasteiger charge is -2.27. The minimum atomic E-state index is -0.697. The molecule has 1 aliphatic heterocycles. The average Bonchev–Trinajstić information content (AvgIpc) is 2.90. The summed E-state index contributed by atoms with van der Waals surface area (Å²) in [6.07, 6.45) is 0. The number of anilines is 1. The number of nitro groups is 2. The van der Waals surface area contributed by atoms with E-state index in [1.54, 1.807) is 6.07 Å². The zero-order valence-corrected chi connectivity index (χ0v) is 18.8. The van der Waals surface area contributed by atoms with Crippen LogP contribution in [0, 0.1) is 20.2 Å². The van der Waals surface area contributed by atoms with Crippen LogP contribution in [0.25, 0.3) is 10.8 Å². The fraction of sp³-hybridized carbons (Fsp3) is 0.0385. The number of nitro benzene ring substituents is 2. The molecule has 1 heterocycles. The van der Waals surface area contributed by atoms with E-state index in [4.69, 9.17) is 4.74 Å². The number of carbonyl (C=O) groups is 3. The zero-order chi connectivity index (χ0) is 26.3. The molecule has 11 nitrogen and oxygen atoms in total. The van der Waals surface area contributed by atoms with Crippen LogP contribution in [0.4, 0.5) is 17.1 Å². The molecule has 182 valence electrons. The maximum atomic E-state index is 13.2. The molecule has 0 unspecified atom stereocenters. The fourth-order valence-electron chi connectivity index (χ4n) is 4.21. The normalized spacial score (nSPS) is 12.5. The lowest BCUT2D eigenvalue weighted by atomic mass is 9.92. The number of hydrogen-bond acceptors (Lipinski definition) is 8. The summed E-state index contributed by atoms with van der Waals surface area (Å²) < 4.78 is 5.23. The van der Waals surface area contributed by atoms with E-state index in [-0.39, 0.29) is 51.1 Å². The van der Waals surface area contributed by atoms with Crippen molar-refractivity contribution in [1.82, 2.24) is 0 Å². The Bertz CT molecular complexity index is 1620. The summed E-state index contributed by atoms with van der Waals surface area (Å²) in [5.74, 6) is -1.99. The Morgan fingerprint density at radius 1 is 0.811 bits per heavy atom. The molecule has 2 amide bonds. The minimum absolute atomic E-state index is 0.124. The SMILES string of the molecule is O=C(OCc1cccc([N+](=O)[O-])c1)c1ccc(N2C(=O)c3cccc4c([N+](=O)[O-])ccc(c34)C2=O)cc1. The second-order valence-corrected chi connectivity index (χ2v) is 8.11. The van der Waals surface area contributed by atoms with Crippen LogP contribution in [0.1, 0.15) is 36.6 Å². The first kappa shape index (κ1) is 23.3. The van der Waals surface area contributed by atoms with Crippen LogP contribution in [-0.2, 0) is 11.3 Å². The Morgan fingerprint density at radius 2 is 1.49 bits per heavy atom. The standard InChI is InChI=1S/C26H15N3O8/c30-24-20-6-2-5-19-22(29(35)36)12-11-21(23(19)20)25(31)27(24)17-9-7-16(8-10-17)26(32)37-14-15-3-1-4-18(13-15)28(33)34/h1-13H,14H2.